The minimum atomic E-state index is -0.474. The number of nitro benzene ring substituents is 1. The molecule has 0 bridgehead atoms. The van der Waals surface area contributed by atoms with Gasteiger partial charge in [0.25, 0.3) is 5.69 Å². The Morgan fingerprint density at radius 1 is 0.921 bits per heavy atom. The van der Waals surface area contributed by atoms with E-state index in [9.17, 15) is 10.1 Å². The first-order valence-corrected chi connectivity index (χ1v) is 12.9. The van der Waals surface area contributed by atoms with Crippen molar-refractivity contribution in [1.82, 2.24) is 5.43 Å². The molecule has 2 N–H and O–H groups in total. The summed E-state index contributed by atoms with van der Waals surface area (Å²) in [6, 6.07) is 21.1. The predicted octanol–water partition coefficient (Wildman–Crippen LogP) is 6.33. The molecule has 0 aromatic heterocycles. The average molecular weight is 537 g/mol. The molecule has 0 saturated carbocycles. The predicted molar refractivity (Wildman–Crippen MR) is 154 cm³/mol. The van der Waals surface area contributed by atoms with Gasteiger partial charge in [-0.2, -0.15) is 5.10 Å². The maximum Gasteiger partial charge on any atom is 0.270 e. The van der Waals surface area contributed by atoms with Gasteiger partial charge in [0, 0.05) is 23.4 Å². The van der Waals surface area contributed by atoms with Gasteiger partial charge >= 0.3 is 0 Å². The molecule has 0 aliphatic carbocycles. The topological polar surface area (TPSA) is 107 Å². The third kappa shape index (κ3) is 10.1. The van der Waals surface area contributed by atoms with Gasteiger partial charge in [-0.15, -0.1) is 0 Å². The number of nitrogens with one attached hydrogen (secondary N) is 2. The fourth-order valence-electron chi connectivity index (χ4n) is 3.38. The molecule has 0 aliphatic rings. The second-order valence-corrected chi connectivity index (χ2v) is 8.66. The van der Waals surface area contributed by atoms with Gasteiger partial charge in [0.2, 0.25) is 0 Å². The highest BCUT2D eigenvalue weighted by Crippen LogP contribution is 2.23. The van der Waals surface area contributed by atoms with Gasteiger partial charge in [0.05, 0.1) is 17.7 Å². The summed E-state index contributed by atoms with van der Waals surface area (Å²) in [5, 5.41) is 18.6. The first kappa shape index (κ1) is 28.4. The molecule has 0 heterocycles. The highest BCUT2D eigenvalue weighted by Gasteiger charge is 2.11. The van der Waals surface area contributed by atoms with E-state index in [0.29, 0.717) is 23.7 Å². The summed E-state index contributed by atoms with van der Waals surface area (Å²) in [7, 11) is 0. The first-order chi connectivity index (χ1) is 18.5. The Bertz CT molecular complexity index is 1190. The zero-order valence-corrected chi connectivity index (χ0v) is 22.1. The van der Waals surface area contributed by atoms with Crippen molar-refractivity contribution in [3.63, 3.8) is 0 Å². The van der Waals surface area contributed by atoms with Gasteiger partial charge in [-0.3, -0.25) is 15.5 Å². The molecule has 0 unspecified atom stereocenters. The first-order valence-electron chi connectivity index (χ1n) is 12.5. The number of ether oxygens (including phenoxy) is 3. The van der Waals surface area contributed by atoms with Crippen molar-refractivity contribution in [1.29, 1.82) is 0 Å². The van der Waals surface area contributed by atoms with Gasteiger partial charge in [-0.05, 0) is 61.1 Å². The number of para-hydroxylation sites is 1. The van der Waals surface area contributed by atoms with Crippen molar-refractivity contribution in [3.05, 3.63) is 88.5 Å². The lowest BCUT2D eigenvalue weighted by atomic mass is 10.2. The Labute approximate surface area is 228 Å². The molecule has 38 heavy (non-hydrogen) atoms. The molecule has 3 rings (SSSR count). The number of hydrogen-bond acceptors (Lipinski definition) is 7. The number of nitro groups is 1. The van der Waals surface area contributed by atoms with E-state index in [2.05, 4.69) is 22.8 Å². The quantitative estimate of drug-likeness (QED) is 0.0763. The van der Waals surface area contributed by atoms with Crippen LogP contribution in [0.1, 0.15) is 38.2 Å². The molecule has 10 heteroatoms. The monoisotopic (exact) mass is 536 g/mol. The fraction of sp³-hybridized carbons (Fsp3) is 0.286. The molecule has 3 aromatic carbocycles. The van der Waals surface area contributed by atoms with Crippen LogP contribution in [0.5, 0.6) is 17.2 Å². The zero-order chi connectivity index (χ0) is 27.0. The van der Waals surface area contributed by atoms with Crippen LogP contribution in [-0.2, 0) is 0 Å². The maximum atomic E-state index is 11.2. The number of nitrogens with zero attached hydrogens (tertiary/aromatic N) is 2. The number of unbranched alkanes of at least 4 members (excludes halogenated alkanes) is 3. The molecule has 0 spiro atoms. The van der Waals surface area contributed by atoms with E-state index in [1.165, 1.54) is 43.7 Å². The SMILES string of the molecule is CCCCCCOc1ccc(OCCOc2ccc([N+](=O)[O-])cc2/C=N\NC(=S)Nc2ccccc2)cc1. The Balaban J connectivity index is 1.48. The van der Waals surface area contributed by atoms with Gasteiger partial charge in [0.1, 0.15) is 30.5 Å². The van der Waals surface area contributed by atoms with Gasteiger partial charge in [0.15, 0.2) is 5.11 Å². The minimum Gasteiger partial charge on any atom is -0.494 e. The number of non-ortho nitro benzene ring substituents is 1. The molecule has 0 fully saturated rings. The van der Waals surface area contributed by atoms with Crippen LogP contribution >= 0.6 is 12.2 Å². The van der Waals surface area contributed by atoms with Crippen LogP contribution in [0.25, 0.3) is 0 Å². The molecule has 9 nitrogen and oxygen atoms in total. The Hall–Kier alpha value is -4.18. The standard InChI is InChI=1S/C28H32N4O5S/c1-2-3-4-8-17-35-25-12-14-26(15-13-25)36-18-19-37-27-16-11-24(32(33)34)20-22(27)21-29-31-28(38)30-23-9-6-5-7-10-23/h5-7,9-16,20-21H,2-4,8,17-19H2,1H3,(H2,30,31,38)/b29-21-. The highest BCUT2D eigenvalue weighted by molar-refractivity contribution is 7.80. The molecular weight excluding hydrogens is 504 g/mol. The summed E-state index contributed by atoms with van der Waals surface area (Å²) >= 11 is 5.23. The lowest BCUT2D eigenvalue weighted by molar-refractivity contribution is -0.384. The Morgan fingerprint density at radius 3 is 2.29 bits per heavy atom. The largest absolute Gasteiger partial charge is 0.494 e. The number of rotatable bonds is 15. The molecule has 0 atom stereocenters. The third-order valence-corrected chi connectivity index (χ3v) is 5.50. The lowest BCUT2D eigenvalue weighted by Gasteiger charge is -2.11. The maximum absolute atomic E-state index is 11.2. The zero-order valence-electron chi connectivity index (χ0n) is 21.3. The van der Waals surface area contributed by atoms with Crippen molar-refractivity contribution in [2.45, 2.75) is 32.6 Å². The van der Waals surface area contributed by atoms with Crippen LogP contribution in [-0.4, -0.2) is 36.1 Å². The van der Waals surface area contributed by atoms with E-state index in [0.717, 1.165) is 17.9 Å². The summed E-state index contributed by atoms with van der Waals surface area (Å²) in [4.78, 5) is 10.8. The van der Waals surface area contributed by atoms with Crippen molar-refractivity contribution < 1.29 is 19.1 Å². The average Bonchev–Trinajstić information content (AvgIpc) is 2.92. The summed E-state index contributed by atoms with van der Waals surface area (Å²) in [5.41, 5.74) is 3.86. The smallest absolute Gasteiger partial charge is 0.270 e. The van der Waals surface area contributed by atoms with E-state index in [4.69, 9.17) is 26.4 Å². The van der Waals surface area contributed by atoms with Crippen LogP contribution in [0.4, 0.5) is 11.4 Å². The van der Waals surface area contributed by atoms with Crippen LogP contribution in [0.15, 0.2) is 77.9 Å². The van der Waals surface area contributed by atoms with Crippen molar-refractivity contribution >= 4 is 34.9 Å². The van der Waals surface area contributed by atoms with E-state index >= 15 is 0 Å². The lowest BCUT2D eigenvalue weighted by Crippen LogP contribution is -2.23. The van der Waals surface area contributed by atoms with Gasteiger partial charge in [-0.25, -0.2) is 0 Å². The second-order valence-electron chi connectivity index (χ2n) is 8.25. The van der Waals surface area contributed by atoms with Crippen molar-refractivity contribution in [2.24, 2.45) is 5.10 Å². The van der Waals surface area contributed by atoms with Crippen LogP contribution in [0.3, 0.4) is 0 Å². The van der Waals surface area contributed by atoms with Crippen LogP contribution in [0.2, 0.25) is 0 Å². The van der Waals surface area contributed by atoms with E-state index < -0.39 is 4.92 Å². The normalized spacial score (nSPS) is 10.7. The molecule has 0 radical (unpaired) electrons. The van der Waals surface area contributed by atoms with E-state index in [1.807, 2.05) is 54.6 Å². The second kappa shape index (κ2) is 15.8. The molecule has 0 saturated heterocycles. The van der Waals surface area contributed by atoms with Gasteiger partial charge < -0.3 is 19.5 Å². The summed E-state index contributed by atoms with van der Waals surface area (Å²) in [6.45, 7) is 3.41. The third-order valence-electron chi connectivity index (χ3n) is 5.31. The molecule has 0 amide bonds. The van der Waals surface area contributed by atoms with Crippen molar-refractivity contribution in [3.8, 4) is 17.2 Å². The number of hydrogen-bond donors (Lipinski definition) is 2. The number of benzene rings is 3. The summed E-state index contributed by atoms with van der Waals surface area (Å²) < 4.78 is 17.3. The van der Waals surface area contributed by atoms with Crippen molar-refractivity contribution in [2.75, 3.05) is 25.1 Å². The molecule has 3 aromatic rings. The van der Waals surface area contributed by atoms with Gasteiger partial charge in [-0.1, -0.05) is 44.4 Å². The number of hydrazone groups is 1. The Morgan fingerprint density at radius 2 is 1.61 bits per heavy atom. The molecule has 0 aliphatic heterocycles. The van der Waals surface area contributed by atoms with Crippen LogP contribution in [0, 0.1) is 10.1 Å². The highest BCUT2D eigenvalue weighted by atomic mass is 32.1. The van der Waals surface area contributed by atoms with E-state index in [1.54, 1.807) is 0 Å². The molecular formula is C28H32N4O5S. The van der Waals surface area contributed by atoms with Crippen LogP contribution < -0.4 is 25.0 Å². The number of anilines is 1. The number of thiocarbonyl (C=S) groups is 1. The van der Waals surface area contributed by atoms with E-state index in [-0.39, 0.29) is 24.0 Å². The minimum absolute atomic E-state index is 0.0762. The Kier molecular flexibility index (Phi) is 11.8. The molecule has 200 valence electrons. The summed E-state index contributed by atoms with van der Waals surface area (Å²) in [5.74, 6) is 1.94. The summed E-state index contributed by atoms with van der Waals surface area (Å²) in [6.07, 6.45) is 6.07. The fourth-order valence-corrected chi connectivity index (χ4v) is 3.56.